The smallest absolute Gasteiger partial charge is 0.255 e. The fraction of sp³-hybridized carbons (Fsp3) is 0.211. The summed E-state index contributed by atoms with van der Waals surface area (Å²) >= 11 is 3.51. The van der Waals surface area contributed by atoms with E-state index >= 15 is 0 Å². The van der Waals surface area contributed by atoms with Gasteiger partial charge in [-0.1, -0.05) is 0 Å². The number of hydrogen-bond donors (Lipinski definition) is 1. The molecule has 3 aromatic rings. The normalized spacial score (nSPS) is 15.3. The Morgan fingerprint density at radius 2 is 2.00 bits per heavy atom. The fourth-order valence-corrected chi connectivity index (χ4v) is 3.83. The zero-order chi connectivity index (χ0) is 17.7. The third kappa shape index (κ3) is 2.93. The van der Waals surface area contributed by atoms with Crippen LogP contribution in [-0.2, 0) is 6.42 Å². The molecule has 0 fully saturated rings. The molecule has 7 heteroatoms. The molecule has 4 rings (SSSR count). The number of benzene rings is 2. The molecule has 1 amide bonds. The van der Waals surface area contributed by atoms with Gasteiger partial charge in [0.05, 0.1) is 10.0 Å². The van der Waals surface area contributed by atoms with Crippen molar-refractivity contribution in [1.29, 1.82) is 0 Å². The van der Waals surface area contributed by atoms with Gasteiger partial charge < -0.3 is 14.5 Å². The van der Waals surface area contributed by atoms with Crippen molar-refractivity contribution in [3.05, 3.63) is 51.7 Å². The number of furan rings is 1. The number of fused-ring (bicyclic) bond motifs is 3. The van der Waals surface area contributed by atoms with E-state index in [1.165, 1.54) is 12.1 Å². The third-order valence-electron chi connectivity index (χ3n) is 4.36. The molecule has 2 heterocycles. The van der Waals surface area contributed by atoms with Crippen molar-refractivity contribution in [2.24, 2.45) is 0 Å². The van der Waals surface area contributed by atoms with Gasteiger partial charge in [-0.2, -0.15) is 0 Å². The van der Waals surface area contributed by atoms with Crippen molar-refractivity contribution in [1.82, 2.24) is 5.32 Å². The van der Waals surface area contributed by atoms with E-state index in [1.54, 1.807) is 19.2 Å². The van der Waals surface area contributed by atoms with Crippen LogP contribution in [0.1, 0.15) is 22.8 Å². The number of rotatable bonds is 2. The first-order valence-electron chi connectivity index (χ1n) is 7.92. The molecule has 0 radical (unpaired) electrons. The number of halogens is 3. The van der Waals surface area contributed by atoms with Crippen LogP contribution < -0.4 is 10.1 Å². The maximum absolute atomic E-state index is 13.3. The van der Waals surface area contributed by atoms with E-state index in [2.05, 4.69) is 21.2 Å². The van der Waals surface area contributed by atoms with Crippen LogP contribution in [-0.4, -0.2) is 19.1 Å². The number of ether oxygens (including phenoxy) is 1. The van der Waals surface area contributed by atoms with Crippen LogP contribution in [0.15, 0.2) is 39.2 Å². The second-order valence-corrected chi connectivity index (χ2v) is 6.92. The summed E-state index contributed by atoms with van der Waals surface area (Å²) in [5.41, 5.74) is 2.65. The minimum absolute atomic E-state index is 0. The Morgan fingerprint density at radius 3 is 2.65 bits per heavy atom. The van der Waals surface area contributed by atoms with E-state index < -0.39 is 0 Å². The zero-order valence-corrected chi connectivity index (χ0v) is 17.4. The lowest BCUT2D eigenvalue weighted by molar-refractivity contribution is 0.0964. The van der Waals surface area contributed by atoms with Crippen LogP contribution in [0.5, 0.6) is 5.75 Å². The molecule has 1 aliphatic rings. The van der Waals surface area contributed by atoms with Gasteiger partial charge in [-0.15, -0.1) is 17.0 Å². The number of nitrogens with one attached hydrogen (secondary N) is 1. The quantitative estimate of drug-likeness (QED) is 0.539. The SMILES string of the molecule is Br.CNC(=O)c1c(-c2ccc(F)cc2)oc2cc(Br)c3c(c12)CC(C)O3. The molecule has 26 heavy (non-hydrogen) atoms. The van der Waals surface area contributed by atoms with Gasteiger partial charge in [0.1, 0.15) is 29.0 Å². The highest BCUT2D eigenvalue weighted by Gasteiger charge is 2.31. The van der Waals surface area contributed by atoms with Crippen LogP contribution in [0, 0.1) is 5.82 Å². The number of amides is 1. The summed E-state index contributed by atoms with van der Waals surface area (Å²) in [6, 6.07) is 7.72. The van der Waals surface area contributed by atoms with Crippen LogP contribution in [0.4, 0.5) is 4.39 Å². The lowest BCUT2D eigenvalue weighted by atomic mass is 9.99. The molecule has 1 unspecified atom stereocenters. The van der Waals surface area contributed by atoms with Crippen LogP contribution in [0.25, 0.3) is 22.3 Å². The first-order valence-corrected chi connectivity index (χ1v) is 8.71. The molecule has 1 atom stereocenters. The number of hydrogen-bond acceptors (Lipinski definition) is 3. The molecule has 2 aromatic carbocycles. The lowest BCUT2D eigenvalue weighted by Gasteiger charge is -2.05. The molecule has 136 valence electrons. The van der Waals surface area contributed by atoms with E-state index in [0.29, 0.717) is 28.9 Å². The Morgan fingerprint density at radius 1 is 1.31 bits per heavy atom. The van der Waals surface area contributed by atoms with Gasteiger partial charge in [-0.05, 0) is 53.2 Å². The van der Waals surface area contributed by atoms with Crippen molar-refractivity contribution >= 4 is 49.8 Å². The maximum Gasteiger partial charge on any atom is 0.255 e. The molecule has 0 bridgehead atoms. The van der Waals surface area contributed by atoms with Gasteiger partial charge in [-0.25, -0.2) is 4.39 Å². The Labute approximate surface area is 168 Å². The largest absolute Gasteiger partial charge is 0.489 e. The van der Waals surface area contributed by atoms with Gasteiger partial charge in [0.2, 0.25) is 0 Å². The van der Waals surface area contributed by atoms with Crippen molar-refractivity contribution in [3.63, 3.8) is 0 Å². The van der Waals surface area contributed by atoms with E-state index in [4.69, 9.17) is 9.15 Å². The summed E-state index contributed by atoms with van der Waals surface area (Å²) in [6.45, 7) is 1.98. The first kappa shape index (κ1) is 18.9. The van der Waals surface area contributed by atoms with Gasteiger partial charge in [0.25, 0.3) is 5.91 Å². The van der Waals surface area contributed by atoms with Gasteiger partial charge in [-0.3, -0.25) is 4.79 Å². The third-order valence-corrected chi connectivity index (χ3v) is 4.95. The second-order valence-electron chi connectivity index (χ2n) is 6.06. The topological polar surface area (TPSA) is 51.5 Å². The summed E-state index contributed by atoms with van der Waals surface area (Å²) in [6.07, 6.45) is 0.719. The maximum atomic E-state index is 13.3. The van der Waals surface area contributed by atoms with Crippen LogP contribution in [0.3, 0.4) is 0 Å². The molecule has 1 N–H and O–H groups in total. The van der Waals surface area contributed by atoms with E-state index in [1.807, 2.05) is 13.0 Å². The monoisotopic (exact) mass is 483 g/mol. The fourth-order valence-electron chi connectivity index (χ4n) is 3.29. The standard InChI is InChI=1S/C19H15BrFNO3.BrH/c1-9-7-12-15-14(8-13(20)18(12)24-9)25-17(16(15)19(23)22-2)10-3-5-11(21)6-4-10;/h3-6,8-9H,7H2,1-2H3,(H,22,23);1H. The van der Waals surface area contributed by atoms with Gasteiger partial charge in [0, 0.05) is 30.0 Å². The minimum Gasteiger partial charge on any atom is -0.489 e. The highest BCUT2D eigenvalue weighted by molar-refractivity contribution is 9.10. The van der Waals surface area contributed by atoms with Crippen molar-refractivity contribution in [3.8, 4) is 17.1 Å². The predicted molar refractivity (Wildman–Crippen MR) is 107 cm³/mol. The highest BCUT2D eigenvalue weighted by Crippen LogP contribution is 2.45. The molecule has 0 saturated carbocycles. The summed E-state index contributed by atoms with van der Waals surface area (Å²) in [5.74, 6) is 0.583. The second kappa shape index (κ2) is 7.04. The summed E-state index contributed by atoms with van der Waals surface area (Å²) in [4.78, 5) is 12.6. The number of carbonyl (C=O) groups is 1. The van der Waals surface area contributed by atoms with Crippen molar-refractivity contribution < 1.29 is 18.3 Å². The molecule has 0 spiro atoms. The molecule has 1 aromatic heterocycles. The van der Waals surface area contributed by atoms with Crippen LogP contribution >= 0.6 is 32.9 Å². The first-order chi connectivity index (χ1) is 12.0. The Kier molecular flexibility index (Phi) is 5.12. The van der Waals surface area contributed by atoms with Crippen molar-refractivity contribution in [2.45, 2.75) is 19.4 Å². The Hall–Kier alpha value is -1.86. The van der Waals surface area contributed by atoms with Gasteiger partial charge >= 0.3 is 0 Å². The Bertz CT molecular complexity index is 998. The van der Waals surface area contributed by atoms with Crippen LogP contribution in [0.2, 0.25) is 0 Å². The molecule has 0 saturated heterocycles. The van der Waals surface area contributed by atoms with E-state index in [-0.39, 0.29) is 34.8 Å². The average Bonchev–Trinajstić information content (AvgIpc) is 3.15. The summed E-state index contributed by atoms with van der Waals surface area (Å²) < 4.78 is 26.0. The summed E-state index contributed by atoms with van der Waals surface area (Å²) in [5, 5.41) is 3.42. The summed E-state index contributed by atoms with van der Waals surface area (Å²) in [7, 11) is 1.58. The Balaban J connectivity index is 0.00000196. The average molecular weight is 485 g/mol. The molecular formula is C19H16Br2FNO3. The highest BCUT2D eigenvalue weighted by atomic mass is 79.9. The molecule has 1 aliphatic heterocycles. The molecule has 4 nitrogen and oxygen atoms in total. The molecular weight excluding hydrogens is 469 g/mol. The number of carbonyl (C=O) groups excluding carboxylic acids is 1. The van der Waals surface area contributed by atoms with Crippen molar-refractivity contribution in [2.75, 3.05) is 7.05 Å². The lowest BCUT2D eigenvalue weighted by Crippen LogP contribution is -2.18. The van der Waals surface area contributed by atoms with E-state index in [9.17, 15) is 9.18 Å². The van der Waals surface area contributed by atoms with E-state index in [0.717, 1.165) is 21.2 Å². The van der Waals surface area contributed by atoms with Gasteiger partial charge in [0.15, 0.2) is 0 Å². The zero-order valence-electron chi connectivity index (χ0n) is 14.1. The minimum atomic E-state index is -0.341. The molecule has 0 aliphatic carbocycles. The predicted octanol–water partition coefficient (Wildman–Crippen LogP) is 5.26.